The molecule has 0 atom stereocenters. The van der Waals surface area contributed by atoms with E-state index in [0.717, 1.165) is 45.6 Å². The van der Waals surface area contributed by atoms with Gasteiger partial charge in [-0.15, -0.1) is 12.4 Å². The van der Waals surface area contributed by atoms with E-state index < -0.39 is 0 Å². The molecule has 138 valence electrons. The number of carbonyl (C=O) groups is 2. The Kier molecular flexibility index (Phi) is 7.08. The second kappa shape index (κ2) is 9.06. The summed E-state index contributed by atoms with van der Waals surface area (Å²) in [5, 5.41) is 2.56. The molecule has 2 aliphatic heterocycles. The number of unbranched alkanes of at least 4 members (excludes halogenated alkanes) is 1. The van der Waals surface area contributed by atoms with Crippen molar-refractivity contribution in [1.82, 2.24) is 15.1 Å². The predicted octanol–water partition coefficient (Wildman–Crippen LogP) is 1.87. The number of aryl methyl sites for hydroxylation is 1. The average Bonchev–Trinajstić information content (AvgIpc) is 2.92. The Morgan fingerprint density at radius 1 is 0.960 bits per heavy atom. The number of amides is 3. The fourth-order valence-corrected chi connectivity index (χ4v) is 3.27. The third-order valence-electron chi connectivity index (χ3n) is 4.81. The molecule has 2 fully saturated rings. The van der Waals surface area contributed by atoms with Gasteiger partial charge in [0, 0.05) is 38.4 Å². The van der Waals surface area contributed by atoms with Crippen LogP contribution in [0.15, 0.2) is 24.3 Å². The van der Waals surface area contributed by atoms with Gasteiger partial charge >= 0.3 is 6.03 Å². The maximum absolute atomic E-state index is 11.5. The molecular formula is C18H27ClN4O2. The van der Waals surface area contributed by atoms with Crippen molar-refractivity contribution >= 4 is 30.0 Å². The summed E-state index contributed by atoms with van der Waals surface area (Å²) in [6, 6.07) is 8.48. The number of nitrogens with one attached hydrogen (secondary N) is 1. The van der Waals surface area contributed by atoms with Crippen LogP contribution in [0.4, 0.5) is 10.5 Å². The van der Waals surface area contributed by atoms with E-state index in [-0.39, 0.29) is 30.9 Å². The molecule has 2 saturated heterocycles. The molecule has 1 aromatic rings. The molecule has 0 spiro atoms. The lowest BCUT2D eigenvalue weighted by molar-refractivity contribution is -0.125. The summed E-state index contributed by atoms with van der Waals surface area (Å²) >= 11 is 0. The number of piperazine rings is 1. The third-order valence-corrected chi connectivity index (χ3v) is 4.81. The summed E-state index contributed by atoms with van der Waals surface area (Å²) in [4.78, 5) is 29.2. The minimum absolute atomic E-state index is 0. The smallest absolute Gasteiger partial charge is 0.324 e. The predicted molar refractivity (Wildman–Crippen MR) is 101 cm³/mol. The van der Waals surface area contributed by atoms with E-state index >= 15 is 0 Å². The lowest BCUT2D eigenvalue weighted by atomic mass is 10.2. The topological polar surface area (TPSA) is 55.9 Å². The minimum atomic E-state index is -0.244. The lowest BCUT2D eigenvalue weighted by Gasteiger charge is -2.36. The van der Waals surface area contributed by atoms with Gasteiger partial charge in [0.15, 0.2) is 0 Å². The van der Waals surface area contributed by atoms with E-state index in [1.807, 2.05) is 0 Å². The van der Waals surface area contributed by atoms with E-state index in [0.29, 0.717) is 6.54 Å². The fraction of sp³-hybridized carbons (Fsp3) is 0.556. The Bertz CT molecular complexity index is 569. The summed E-state index contributed by atoms with van der Waals surface area (Å²) < 4.78 is 0. The van der Waals surface area contributed by atoms with Crippen molar-refractivity contribution in [2.24, 2.45) is 0 Å². The first-order valence-electron chi connectivity index (χ1n) is 8.75. The molecule has 0 bridgehead atoms. The van der Waals surface area contributed by atoms with Gasteiger partial charge in [-0.05, 0) is 38.4 Å². The van der Waals surface area contributed by atoms with Crippen LogP contribution in [0.25, 0.3) is 0 Å². The molecule has 0 aromatic heterocycles. The van der Waals surface area contributed by atoms with Gasteiger partial charge in [0.05, 0.1) is 6.54 Å². The number of imide groups is 1. The van der Waals surface area contributed by atoms with Crippen LogP contribution in [-0.4, -0.2) is 67.6 Å². The molecule has 3 amide bonds. The van der Waals surface area contributed by atoms with Crippen molar-refractivity contribution in [3.05, 3.63) is 29.8 Å². The molecule has 0 saturated carbocycles. The minimum Gasteiger partial charge on any atom is -0.369 e. The van der Waals surface area contributed by atoms with E-state index in [2.05, 4.69) is 46.3 Å². The summed E-state index contributed by atoms with van der Waals surface area (Å²) in [6.45, 7) is 8.07. The highest BCUT2D eigenvalue weighted by Crippen LogP contribution is 2.17. The van der Waals surface area contributed by atoms with Crippen LogP contribution >= 0.6 is 12.4 Å². The van der Waals surface area contributed by atoms with Crippen LogP contribution in [0.1, 0.15) is 18.4 Å². The number of hydrogen-bond donors (Lipinski definition) is 1. The average molecular weight is 367 g/mol. The molecule has 0 aliphatic carbocycles. The number of carbonyl (C=O) groups excluding carboxylic acids is 2. The van der Waals surface area contributed by atoms with Crippen LogP contribution in [0, 0.1) is 6.92 Å². The van der Waals surface area contributed by atoms with Gasteiger partial charge in [0.25, 0.3) is 0 Å². The fourth-order valence-electron chi connectivity index (χ4n) is 3.27. The van der Waals surface area contributed by atoms with Gasteiger partial charge in [-0.25, -0.2) is 4.79 Å². The number of hydrogen-bond acceptors (Lipinski definition) is 4. The van der Waals surface area contributed by atoms with Gasteiger partial charge < -0.3 is 10.2 Å². The number of urea groups is 1. The number of rotatable bonds is 6. The number of benzene rings is 1. The SMILES string of the molecule is Cc1ccc(N2CCN(CCCCN3C(=O)CNC3=O)CC2)cc1.Cl. The molecule has 25 heavy (non-hydrogen) atoms. The summed E-state index contributed by atoms with van der Waals surface area (Å²) in [5.74, 6) is -0.105. The van der Waals surface area contributed by atoms with E-state index in [1.54, 1.807) is 0 Å². The Morgan fingerprint density at radius 3 is 2.20 bits per heavy atom. The lowest BCUT2D eigenvalue weighted by Crippen LogP contribution is -2.46. The van der Waals surface area contributed by atoms with Crippen LogP contribution < -0.4 is 10.2 Å². The van der Waals surface area contributed by atoms with Crippen molar-refractivity contribution < 1.29 is 9.59 Å². The number of halogens is 1. The largest absolute Gasteiger partial charge is 0.369 e. The Hall–Kier alpha value is -1.79. The van der Waals surface area contributed by atoms with Crippen LogP contribution in [-0.2, 0) is 4.79 Å². The highest BCUT2D eigenvalue weighted by Gasteiger charge is 2.27. The normalized spacial score (nSPS) is 18.3. The first-order valence-corrected chi connectivity index (χ1v) is 8.75. The molecule has 7 heteroatoms. The Labute approximate surface area is 155 Å². The highest BCUT2D eigenvalue weighted by atomic mass is 35.5. The summed E-state index contributed by atoms with van der Waals surface area (Å²) in [6.07, 6.45) is 1.89. The Morgan fingerprint density at radius 2 is 1.60 bits per heavy atom. The van der Waals surface area contributed by atoms with Gasteiger partial charge in [0.2, 0.25) is 5.91 Å². The number of nitrogens with zero attached hydrogens (tertiary/aromatic N) is 3. The summed E-state index contributed by atoms with van der Waals surface area (Å²) in [7, 11) is 0. The van der Waals surface area contributed by atoms with Gasteiger partial charge in [0.1, 0.15) is 0 Å². The first kappa shape index (κ1) is 19.5. The molecule has 0 unspecified atom stereocenters. The zero-order chi connectivity index (χ0) is 16.9. The highest BCUT2D eigenvalue weighted by molar-refractivity contribution is 6.01. The molecule has 0 radical (unpaired) electrons. The second-order valence-corrected chi connectivity index (χ2v) is 6.58. The molecule has 6 nitrogen and oxygen atoms in total. The second-order valence-electron chi connectivity index (χ2n) is 6.58. The monoisotopic (exact) mass is 366 g/mol. The van der Waals surface area contributed by atoms with Crippen molar-refractivity contribution in [2.45, 2.75) is 19.8 Å². The maximum Gasteiger partial charge on any atom is 0.324 e. The van der Waals surface area contributed by atoms with E-state index in [4.69, 9.17) is 0 Å². The van der Waals surface area contributed by atoms with Crippen LogP contribution in [0.3, 0.4) is 0 Å². The van der Waals surface area contributed by atoms with Crippen LogP contribution in [0.2, 0.25) is 0 Å². The zero-order valence-corrected chi connectivity index (χ0v) is 15.6. The van der Waals surface area contributed by atoms with Crippen LogP contribution in [0.5, 0.6) is 0 Å². The zero-order valence-electron chi connectivity index (χ0n) is 14.7. The van der Waals surface area contributed by atoms with Crippen molar-refractivity contribution in [1.29, 1.82) is 0 Å². The Balaban J connectivity index is 0.00000225. The van der Waals surface area contributed by atoms with E-state index in [1.165, 1.54) is 16.2 Å². The molecule has 3 rings (SSSR count). The molecule has 1 aromatic carbocycles. The maximum atomic E-state index is 11.5. The van der Waals surface area contributed by atoms with E-state index in [9.17, 15) is 9.59 Å². The van der Waals surface area contributed by atoms with Gasteiger partial charge in [-0.1, -0.05) is 17.7 Å². The van der Waals surface area contributed by atoms with Crippen molar-refractivity contribution in [3.8, 4) is 0 Å². The van der Waals surface area contributed by atoms with Gasteiger partial charge in [-0.2, -0.15) is 0 Å². The molecule has 1 N–H and O–H groups in total. The molecule has 2 heterocycles. The number of anilines is 1. The summed E-state index contributed by atoms with van der Waals surface area (Å²) in [5.41, 5.74) is 2.60. The molecule has 2 aliphatic rings. The first-order chi connectivity index (χ1) is 11.6. The van der Waals surface area contributed by atoms with Crippen molar-refractivity contribution in [2.75, 3.05) is 50.7 Å². The quantitative estimate of drug-likeness (QED) is 0.617. The molecular weight excluding hydrogens is 340 g/mol. The van der Waals surface area contributed by atoms with Gasteiger partial charge in [-0.3, -0.25) is 14.6 Å². The standard InChI is InChI=1S/C18H26N4O2.ClH/c1-15-4-6-16(7-5-15)21-12-10-20(11-13-21)8-2-3-9-22-17(23)14-19-18(22)24;/h4-7H,2-3,8-14H2,1H3,(H,19,24);1H. The third kappa shape index (κ3) is 5.09. The van der Waals surface area contributed by atoms with Crippen molar-refractivity contribution in [3.63, 3.8) is 0 Å².